The average Bonchev–Trinajstić information content (AvgIpc) is 2.84. The van der Waals surface area contributed by atoms with Gasteiger partial charge in [0.15, 0.2) is 5.78 Å². The lowest BCUT2D eigenvalue weighted by Crippen LogP contribution is -2.39. The van der Waals surface area contributed by atoms with Crippen LogP contribution in [0.15, 0.2) is 84.3 Å². The number of fused-ring (bicyclic) bond motifs is 2. The lowest BCUT2D eigenvalue weighted by Gasteiger charge is -2.34. The van der Waals surface area contributed by atoms with Crippen LogP contribution in [0.2, 0.25) is 10.0 Å². The number of ether oxygens (including phenoxy) is 1. The maximum Gasteiger partial charge on any atom is 0.251 e. The van der Waals surface area contributed by atoms with E-state index in [-0.39, 0.29) is 18.2 Å². The van der Waals surface area contributed by atoms with E-state index in [4.69, 9.17) is 27.9 Å². The summed E-state index contributed by atoms with van der Waals surface area (Å²) in [7, 11) is 0. The molecule has 2 aliphatic rings. The summed E-state index contributed by atoms with van der Waals surface area (Å²) in [6.07, 6.45) is 4.71. The quantitative estimate of drug-likeness (QED) is 0.531. The Bertz CT molecular complexity index is 1380. The SMILES string of the molecule is Cc1cccnc1N1C=C2C(=O)c3ccccc3O[C@@H]2C=C1CNC(=O)c1ccc(Cl)c(Cl)c1. The first kappa shape index (κ1) is 22.2. The van der Waals surface area contributed by atoms with Crippen LogP contribution in [-0.2, 0) is 0 Å². The Labute approximate surface area is 206 Å². The number of benzene rings is 2. The van der Waals surface area contributed by atoms with E-state index in [9.17, 15) is 9.59 Å². The van der Waals surface area contributed by atoms with Gasteiger partial charge >= 0.3 is 0 Å². The van der Waals surface area contributed by atoms with Crippen molar-refractivity contribution in [3.8, 4) is 5.75 Å². The molecule has 5 rings (SSSR count). The highest BCUT2D eigenvalue weighted by molar-refractivity contribution is 6.42. The predicted octanol–water partition coefficient (Wildman–Crippen LogP) is 5.36. The van der Waals surface area contributed by atoms with Gasteiger partial charge in [-0.15, -0.1) is 0 Å². The van der Waals surface area contributed by atoms with Gasteiger partial charge in [-0.25, -0.2) is 4.98 Å². The Morgan fingerprint density at radius 2 is 1.94 bits per heavy atom. The van der Waals surface area contributed by atoms with Crippen LogP contribution in [0.25, 0.3) is 0 Å². The third-order valence-electron chi connectivity index (χ3n) is 5.70. The van der Waals surface area contributed by atoms with Crippen molar-refractivity contribution in [3.05, 3.63) is 111 Å². The minimum atomic E-state index is -0.570. The molecular weight excluding hydrogens is 473 g/mol. The number of ketones is 1. The monoisotopic (exact) mass is 491 g/mol. The van der Waals surface area contributed by atoms with Crippen LogP contribution in [0.5, 0.6) is 5.75 Å². The number of rotatable bonds is 4. The minimum Gasteiger partial charge on any atom is -0.481 e. The molecule has 0 saturated carbocycles. The summed E-state index contributed by atoms with van der Waals surface area (Å²) in [6.45, 7) is 2.11. The van der Waals surface area contributed by atoms with Gasteiger partial charge in [0.1, 0.15) is 17.7 Å². The van der Waals surface area contributed by atoms with Crippen LogP contribution in [0.1, 0.15) is 26.3 Å². The summed E-state index contributed by atoms with van der Waals surface area (Å²) in [5.74, 6) is 0.793. The van der Waals surface area contributed by atoms with Gasteiger partial charge in [-0.3, -0.25) is 9.59 Å². The van der Waals surface area contributed by atoms with Gasteiger partial charge < -0.3 is 15.0 Å². The van der Waals surface area contributed by atoms with Crippen molar-refractivity contribution in [2.24, 2.45) is 0 Å². The van der Waals surface area contributed by atoms with E-state index < -0.39 is 6.10 Å². The molecule has 170 valence electrons. The molecule has 1 amide bonds. The molecule has 0 spiro atoms. The number of para-hydroxylation sites is 1. The molecule has 2 aliphatic heterocycles. The number of aromatic nitrogens is 1. The Balaban J connectivity index is 1.48. The molecule has 1 atom stereocenters. The topological polar surface area (TPSA) is 71.5 Å². The number of halogens is 2. The van der Waals surface area contributed by atoms with E-state index in [0.717, 1.165) is 11.3 Å². The van der Waals surface area contributed by atoms with Crippen molar-refractivity contribution in [1.29, 1.82) is 0 Å². The highest BCUT2D eigenvalue weighted by Gasteiger charge is 2.35. The summed E-state index contributed by atoms with van der Waals surface area (Å²) in [5.41, 5.74) is 3.05. The van der Waals surface area contributed by atoms with Gasteiger partial charge in [0.05, 0.1) is 27.7 Å². The van der Waals surface area contributed by atoms with E-state index in [1.165, 1.54) is 6.07 Å². The Hall–Kier alpha value is -3.61. The molecule has 0 radical (unpaired) electrons. The summed E-state index contributed by atoms with van der Waals surface area (Å²) >= 11 is 12.0. The van der Waals surface area contributed by atoms with Crippen LogP contribution < -0.4 is 15.0 Å². The maximum atomic E-state index is 13.2. The van der Waals surface area contributed by atoms with Gasteiger partial charge in [0.25, 0.3) is 5.91 Å². The third-order valence-corrected chi connectivity index (χ3v) is 6.44. The zero-order chi connectivity index (χ0) is 23.8. The third kappa shape index (κ3) is 4.06. The Morgan fingerprint density at radius 3 is 2.74 bits per heavy atom. The van der Waals surface area contributed by atoms with Crippen molar-refractivity contribution >= 4 is 40.7 Å². The van der Waals surface area contributed by atoms with Crippen molar-refractivity contribution in [3.63, 3.8) is 0 Å². The number of Topliss-reactive ketones (excluding diaryl/α,β-unsaturated/α-hetero) is 1. The fourth-order valence-corrected chi connectivity index (χ4v) is 4.25. The number of carbonyl (C=O) groups is 2. The summed E-state index contributed by atoms with van der Waals surface area (Å²) in [6, 6.07) is 15.7. The second-order valence-electron chi connectivity index (χ2n) is 7.93. The number of anilines is 1. The molecule has 8 heteroatoms. The summed E-state index contributed by atoms with van der Waals surface area (Å²) in [4.78, 5) is 32.3. The van der Waals surface area contributed by atoms with Crippen LogP contribution in [-0.4, -0.2) is 29.3 Å². The number of aryl methyl sites for hydroxylation is 1. The van der Waals surface area contributed by atoms with Crippen LogP contribution in [0.3, 0.4) is 0 Å². The first-order valence-electron chi connectivity index (χ1n) is 10.6. The van der Waals surface area contributed by atoms with E-state index in [0.29, 0.717) is 38.3 Å². The summed E-state index contributed by atoms with van der Waals surface area (Å²) in [5, 5.41) is 3.59. The van der Waals surface area contributed by atoms with Crippen LogP contribution >= 0.6 is 23.2 Å². The van der Waals surface area contributed by atoms with Crippen molar-refractivity contribution in [1.82, 2.24) is 10.3 Å². The smallest absolute Gasteiger partial charge is 0.251 e. The number of carbonyl (C=O) groups excluding carboxylic acids is 2. The second kappa shape index (κ2) is 8.97. The molecule has 0 unspecified atom stereocenters. The van der Waals surface area contributed by atoms with Crippen LogP contribution in [0, 0.1) is 6.92 Å². The molecule has 0 aliphatic carbocycles. The molecule has 1 N–H and O–H groups in total. The van der Waals surface area contributed by atoms with E-state index in [1.807, 2.05) is 42.2 Å². The first-order valence-corrected chi connectivity index (χ1v) is 11.3. The molecule has 2 aromatic carbocycles. The van der Waals surface area contributed by atoms with Crippen molar-refractivity contribution in [2.45, 2.75) is 13.0 Å². The number of amides is 1. The maximum absolute atomic E-state index is 13.2. The number of pyridine rings is 1. The van der Waals surface area contributed by atoms with Gasteiger partial charge in [0.2, 0.25) is 0 Å². The highest BCUT2D eigenvalue weighted by atomic mass is 35.5. The van der Waals surface area contributed by atoms with Crippen molar-refractivity contribution < 1.29 is 14.3 Å². The van der Waals surface area contributed by atoms with E-state index >= 15 is 0 Å². The Morgan fingerprint density at radius 1 is 1.12 bits per heavy atom. The molecule has 34 heavy (non-hydrogen) atoms. The Kier molecular flexibility index (Phi) is 5.86. The molecule has 0 saturated heterocycles. The second-order valence-corrected chi connectivity index (χ2v) is 8.75. The van der Waals surface area contributed by atoms with Crippen LogP contribution in [0.4, 0.5) is 5.82 Å². The molecular formula is C26H19Cl2N3O3. The number of nitrogens with zero attached hydrogens (tertiary/aromatic N) is 2. The summed E-state index contributed by atoms with van der Waals surface area (Å²) < 4.78 is 6.11. The molecule has 3 aromatic rings. The number of hydrogen-bond acceptors (Lipinski definition) is 5. The molecule has 0 bridgehead atoms. The average molecular weight is 492 g/mol. The normalized spacial score (nSPS) is 16.6. The van der Waals surface area contributed by atoms with Gasteiger partial charge in [-0.1, -0.05) is 41.4 Å². The lowest BCUT2D eigenvalue weighted by atomic mass is 9.93. The minimum absolute atomic E-state index is 0.0967. The van der Waals surface area contributed by atoms with Gasteiger partial charge in [0, 0.05) is 23.7 Å². The van der Waals surface area contributed by atoms with Gasteiger partial charge in [-0.2, -0.15) is 0 Å². The zero-order valence-electron chi connectivity index (χ0n) is 18.1. The fraction of sp³-hybridized carbons (Fsp3) is 0.115. The number of hydrogen-bond donors (Lipinski definition) is 1. The highest BCUT2D eigenvalue weighted by Crippen LogP contribution is 2.36. The fourth-order valence-electron chi connectivity index (χ4n) is 3.96. The standard InChI is InChI=1S/C26H19Cl2N3O3/c1-15-5-4-10-29-25(15)31-14-19-23(34-22-7-3-2-6-18(22)24(19)32)12-17(31)13-30-26(33)16-8-9-20(27)21(28)11-16/h2-12,14,23H,13H2,1H3,(H,30,33)/t23-/m1/s1. The largest absolute Gasteiger partial charge is 0.481 e. The van der Waals surface area contributed by atoms with Gasteiger partial charge in [-0.05, 0) is 55.0 Å². The van der Waals surface area contributed by atoms with E-state index in [2.05, 4.69) is 10.3 Å². The molecule has 6 nitrogen and oxygen atoms in total. The molecule has 3 heterocycles. The zero-order valence-corrected chi connectivity index (χ0v) is 19.6. The van der Waals surface area contributed by atoms with E-state index in [1.54, 1.807) is 36.7 Å². The van der Waals surface area contributed by atoms with Crippen molar-refractivity contribution in [2.75, 3.05) is 11.4 Å². The predicted molar refractivity (Wildman–Crippen MR) is 132 cm³/mol. The first-order chi connectivity index (χ1) is 16.4. The number of nitrogens with one attached hydrogen (secondary N) is 1. The molecule has 1 aromatic heterocycles. The molecule has 0 fully saturated rings. The lowest BCUT2D eigenvalue weighted by molar-refractivity contribution is 0.0950.